The number of amides is 1. The topological polar surface area (TPSA) is 95.9 Å². The SMILES string of the molecule is O=C(O)CCCc1cc(O)ccc1NC(=O)OCc1ccccc1. The minimum absolute atomic E-state index is 0.0214. The zero-order chi connectivity index (χ0) is 17.4. The van der Waals surface area contributed by atoms with Gasteiger partial charge in [0.2, 0.25) is 0 Å². The first kappa shape index (κ1) is 17.3. The fourth-order valence-electron chi connectivity index (χ4n) is 2.21. The highest BCUT2D eigenvalue weighted by Gasteiger charge is 2.10. The Morgan fingerprint density at radius 3 is 2.54 bits per heavy atom. The molecule has 2 aromatic rings. The second-order valence-corrected chi connectivity index (χ2v) is 5.28. The second kappa shape index (κ2) is 8.57. The summed E-state index contributed by atoms with van der Waals surface area (Å²) in [6, 6.07) is 13.8. The van der Waals surface area contributed by atoms with Gasteiger partial charge in [0, 0.05) is 12.1 Å². The Kier molecular flexibility index (Phi) is 6.19. The van der Waals surface area contributed by atoms with E-state index in [0.717, 1.165) is 5.56 Å². The van der Waals surface area contributed by atoms with Crippen molar-refractivity contribution in [2.75, 3.05) is 5.32 Å². The van der Waals surface area contributed by atoms with E-state index in [9.17, 15) is 14.7 Å². The second-order valence-electron chi connectivity index (χ2n) is 5.28. The van der Waals surface area contributed by atoms with Crippen molar-refractivity contribution in [1.29, 1.82) is 0 Å². The molecule has 0 atom stereocenters. The third kappa shape index (κ3) is 5.64. The summed E-state index contributed by atoms with van der Waals surface area (Å²) in [5.41, 5.74) is 2.03. The molecule has 6 heteroatoms. The minimum Gasteiger partial charge on any atom is -0.508 e. The van der Waals surface area contributed by atoms with Gasteiger partial charge < -0.3 is 14.9 Å². The van der Waals surface area contributed by atoms with Crippen LogP contribution >= 0.6 is 0 Å². The van der Waals surface area contributed by atoms with Crippen molar-refractivity contribution in [3.8, 4) is 5.75 Å². The number of aryl methyl sites for hydroxylation is 1. The number of ether oxygens (including phenoxy) is 1. The fourth-order valence-corrected chi connectivity index (χ4v) is 2.21. The van der Waals surface area contributed by atoms with E-state index in [1.165, 1.54) is 12.1 Å². The number of carbonyl (C=O) groups is 2. The number of rotatable bonds is 7. The molecule has 0 aliphatic heterocycles. The number of carbonyl (C=O) groups excluding carboxylic acids is 1. The maximum Gasteiger partial charge on any atom is 0.411 e. The van der Waals surface area contributed by atoms with E-state index in [4.69, 9.17) is 9.84 Å². The van der Waals surface area contributed by atoms with Gasteiger partial charge in [-0.1, -0.05) is 30.3 Å². The molecule has 0 saturated heterocycles. The van der Waals surface area contributed by atoms with E-state index in [-0.39, 0.29) is 18.8 Å². The van der Waals surface area contributed by atoms with Crippen molar-refractivity contribution in [3.63, 3.8) is 0 Å². The Hall–Kier alpha value is -3.02. The van der Waals surface area contributed by atoms with Gasteiger partial charge in [0.15, 0.2) is 0 Å². The highest BCUT2D eigenvalue weighted by molar-refractivity contribution is 5.85. The smallest absolute Gasteiger partial charge is 0.411 e. The number of nitrogens with one attached hydrogen (secondary N) is 1. The predicted octanol–water partition coefficient (Wildman–Crippen LogP) is 3.55. The molecule has 2 aromatic carbocycles. The molecule has 126 valence electrons. The van der Waals surface area contributed by atoms with Crippen LogP contribution in [-0.2, 0) is 22.6 Å². The summed E-state index contributed by atoms with van der Waals surface area (Å²) in [5, 5.41) is 20.9. The van der Waals surface area contributed by atoms with Gasteiger partial charge >= 0.3 is 12.1 Å². The standard InChI is InChI=1S/C18H19NO5/c20-15-9-10-16(14(11-15)7-4-8-17(21)22)19-18(23)24-12-13-5-2-1-3-6-13/h1-3,5-6,9-11,20H,4,7-8,12H2,(H,19,23)(H,21,22). The van der Waals surface area contributed by atoms with Crippen molar-refractivity contribution in [2.45, 2.75) is 25.9 Å². The quantitative estimate of drug-likeness (QED) is 0.675. The average molecular weight is 329 g/mol. The lowest BCUT2D eigenvalue weighted by atomic mass is 10.1. The van der Waals surface area contributed by atoms with E-state index in [1.54, 1.807) is 6.07 Å². The number of phenolic OH excluding ortho intramolecular Hbond substituents is 1. The van der Waals surface area contributed by atoms with Gasteiger partial charge in [0.05, 0.1) is 0 Å². The molecule has 0 aromatic heterocycles. The lowest BCUT2D eigenvalue weighted by Crippen LogP contribution is -2.15. The van der Waals surface area contributed by atoms with Crippen LogP contribution < -0.4 is 5.32 Å². The van der Waals surface area contributed by atoms with Crippen LogP contribution in [0.15, 0.2) is 48.5 Å². The molecular formula is C18H19NO5. The van der Waals surface area contributed by atoms with Gasteiger partial charge in [-0.15, -0.1) is 0 Å². The van der Waals surface area contributed by atoms with E-state index < -0.39 is 12.1 Å². The predicted molar refractivity (Wildman–Crippen MR) is 88.9 cm³/mol. The number of phenols is 1. The summed E-state index contributed by atoms with van der Waals surface area (Å²) in [4.78, 5) is 22.5. The Bertz CT molecular complexity index is 700. The summed E-state index contributed by atoms with van der Waals surface area (Å²) in [7, 11) is 0. The van der Waals surface area contributed by atoms with Gasteiger partial charge in [-0.2, -0.15) is 0 Å². The van der Waals surface area contributed by atoms with Crippen LogP contribution in [0.1, 0.15) is 24.0 Å². The number of hydrogen-bond acceptors (Lipinski definition) is 4. The summed E-state index contributed by atoms with van der Waals surface area (Å²) in [5.74, 6) is -0.824. The highest BCUT2D eigenvalue weighted by Crippen LogP contribution is 2.23. The van der Waals surface area contributed by atoms with Gasteiger partial charge in [0.25, 0.3) is 0 Å². The molecule has 0 fully saturated rings. The molecule has 2 rings (SSSR count). The fraction of sp³-hybridized carbons (Fsp3) is 0.222. The van der Waals surface area contributed by atoms with Crippen LogP contribution in [0.4, 0.5) is 10.5 Å². The van der Waals surface area contributed by atoms with Gasteiger partial charge in [-0.25, -0.2) is 4.79 Å². The number of aromatic hydroxyl groups is 1. The molecule has 1 amide bonds. The van der Waals surface area contributed by atoms with Gasteiger partial charge in [-0.05, 0) is 42.2 Å². The van der Waals surface area contributed by atoms with E-state index in [1.807, 2.05) is 30.3 Å². The van der Waals surface area contributed by atoms with E-state index in [2.05, 4.69) is 5.32 Å². The molecule has 3 N–H and O–H groups in total. The molecule has 0 aliphatic carbocycles. The van der Waals surface area contributed by atoms with Crippen LogP contribution in [0, 0.1) is 0 Å². The third-order valence-electron chi connectivity index (χ3n) is 3.38. The van der Waals surface area contributed by atoms with Crippen LogP contribution in [0.2, 0.25) is 0 Å². The lowest BCUT2D eigenvalue weighted by Gasteiger charge is -2.12. The maximum atomic E-state index is 11.9. The number of carboxylic acids is 1. The maximum absolute atomic E-state index is 11.9. The van der Waals surface area contributed by atoms with Crippen LogP contribution in [0.3, 0.4) is 0 Å². The first-order chi connectivity index (χ1) is 11.5. The Morgan fingerprint density at radius 2 is 1.83 bits per heavy atom. The van der Waals surface area contributed by atoms with Gasteiger partial charge in [0.1, 0.15) is 12.4 Å². The van der Waals surface area contributed by atoms with Crippen LogP contribution in [0.25, 0.3) is 0 Å². The lowest BCUT2D eigenvalue weighted by molar-refractivity contribution is -0.137. The van der Waals surface area contributed by atoms with Crippen molar-refractivity contribution >= 4 is 17.7 Å². The molecule has 6 nitrogen and oxygen atoms in total. The summed E-state index contributed by atoms with van der Waals surface area (Å²) < 4.78 is 5.15. The Labute approximate surface area is 139 Å². The molecular weight excluding hydrogens is 310 g/mol. The van der Waals surface area contributed by atoms with Crippen LogP contribution in [0.5, 0.6) is 5.75 Å². The zero-order valence-corrected chi connectivity index (χ0v) is 13.1. The molecule has 0 heterocycles. The van der Waals surface area contributed by atoms with Crippen molar-refractivity contribution in [1.82, 2.24) is 0 Å². The number of carboxylic acid groups (broad SMARTS) is 1. The van der Waals surface area contributed by atoms with Crippen molar-refractivity contribution in [3.05, 3.63) is 59.7 Å². The summed E-state index contributed by atoms with van der Waals surface area (Å²) in [6.07, 6.45) is 0.249. The molecule has 0 unspecified atom stereocenters. The monoisotopic (exact) mass is 329 g/mol. The van der Waals surface area contributed by atoms with E-state index in [0.29, 0.717) is 24.1 Å². The van der Waals surface area contributed by atoms with E-state index >= 15 is 0 Å². The molecule has 0 spiro atoms. The van der Waals surface area contributed by atoms with Crippen molar-refractivity contribution < 1.29 is 24.5 Å². The largest absolute Gasteiger partial charge is 0.508 e. The summed E-state index contributed by atoms with van der Waals surface area (Å²) in [6.45, 7) is 0.152. The van der Waals surface area contributed by atoms with Crippen LogP contribution in [-0.4, -0.2) is 22.3 Å². The highest BCUT2D eigenvalue weighted by atomic mass is 16.5. The number of anilines is 1. The van der Waals surface area contributed by atoms with Crippen molar-refractivity contribution in [2.24, 2.45) is 0 Å². The number of aliphatic carboxylic acids is 1. The minimum atomic E-state index is -0.882. The first-order valence-electron chi connectivity index (χ1n) is 7.56. The average Bonchev–Trinajstić information content (AvgIpc) is 2.56. The molecule has 0 aliphatic rings. The van der Waals surface area contributed by atoms with Gasteiger partial charge in [-0.3, -0.25) is 10.1 Å². The number of hydrogen-bond donors (Lipinski definition) is 3. The molecule has 0 radical (unpaired) electrons. The first-order valence-corrected chi connectivity index (χ1v) is 7.56. The normalized spacial score (nSPS) is 10.2. The zero-order valence-electron chi connectivity index (χ0n) is 13.1. The molecule has 0 saturated carbocycles. The summed E-state index contributed by atoms with van der Waals surface area (Å²) >= 11 is 0. The molecule has 24 heavy (non-hydrogen) atoms. The Morgan fingerprint density at radius 1 is 1.08 bits per heavy atom. The third-order valence-corrected chi connectivity index (χ3v) is 3.38. The number of benzene rings is 2. The molecule has 0 bridgehead atoms. The Balaban J connectivity index is 1.94.